The highest BCUT2D eigenvalue weighted by Crippen LogP contribution is 2.31. The summed E-state index contributed by atoms with van der Waals surface area (Å²) in [5.74, 6) is 6.14. The normalized spacial score (nSPS) is 20.5. The monoisotopic (exact) mass is 310 g/mol. The lowest BCUT2D eigenvalue weighted by molar-refractivity contribution is 0.217. The van der Waals surface area contributed by atoms with Gasteiger partial charge in [0.2, 0.25) is 0 Å². The lowest BCUT2D eigenvalue weighted by Crippen LogP contribution is -2.19. The van der Waals surface area contributed by atoms with Gasteiger partial charge in [-0.2, -0.15) is 0 Å². The maximum atomic E-state index is 2.49. The third-order valence-corrected chi connectivity index (χ3v) is 6.63. The molecule has 0 fully saturated rings. The third-order valence-electron chi connectivity index (χ3n) is 6.63. The fraction of sp³-hybridized carbons (Fsp3) is 1.00. The first kappa shape index (κ1) is 22.0. The van der Waals surface area contributed by atoms with E-state index in [1.165, 1.54) is 38.5 Å². The van der Waals surface area contributed by atoms with Crippen LogP contribution >= 0.6 is 0 Å². The van der Waals surface area contributed by atoms with Crippen molar-refractivity contribution in [1.82, 2.24) is 0 Å². The van der Waals surface area contributed by atoms with Crippen LogP contribution in [-0.2, 0) is 0 Å². The first-order valence-electron chi connectivity index (χ1n) is 10.2. The zero-order chi connectivity index (χ0) is 17.3. The van der Waals surface area contributed by atoms with E-state index in [9.17, 15) is 0 Å². The molecule has 0 aromatic heterocycles. The molecule has 0 saturated carbocycles. The Balaban J connectivity index is 4.02. The molecule has 0 aliphatic rings. The van der Waals surface area contributed by atoms with Crippen molar-refractivity contribution < 1.29 is 0 Å². The van der Waals surface area contributed by atoms with Crippen molar-refractivity contribution >= 4 is 0 Å². The molecule has 0 nitrogen and oxygen atoms in total. The molecule has 134 valence electrons. The molecule has 22 heavy (non-hydrogen) atoms. The molecular formula is C22H46. The molecule has 0 radical (unpaired) electrons. The number of rotatable bonds is 12. The van der Waals surface area contributed by atoms with Crippen LogP contribution in [0.3, 0.4) is 0 Å². The molecule has 0 heterocycles. The summed E-state index contributed by atoms with van der Waals surface area (Å²) in [7, 11) is 0. The largest absolute Gasteiger partial charge is 0.0651 e. The van der Waals surface area contributed by atoms with Crippen LogP contribution in [0.4, 0.5) is 0 Å². The van der Waals surface area contributed by atoms with Crippen LogP contribution < -0.4 is 0 Å². The van der Waals surface area contributed by atoms with Gasteiger partial charge < -0.3 is 0 Å². The van der Waals surface area contributed by atoms with Gasteiger partial charge in [-0.3, -0.25) is 0 Å². The van der Waals surface area contributed by atoms with Gasteiger partial charge in [-0.1, -0.05) is 94.4 Å². The van der Waals surface area contributed by atoms with Crippen molar-refractivity contribution in [2.75, 3.05) is 0 Å². The van der Waals surface area contributed by atoms with E-state index < -0.39 is 0 Å². The summed E-state index contributed by atoms with van der Waals surface area (Å²) in [6.45, 7) is 21.8. The minimum atomic E-state index is 0.840. The van der Waals surface area contributed by atoms with Crippen LogP contribution in [0.15, 0.2) is 0 Å². The van der Waals surface area contributed by atoms with Crippen molar-refractivity contribution in [1.29, 1.82) is 0 Å². The van der Waals surface area contributed by atoms with Crippen LogP contribution in [0.5, 0.6) is 0 Å². The Labute approximate surface area is 142 Å². The molecule has 0 heteroatoms. The summed E-state index contributed by atoms with van der Waals surface area (Å²) in [6.07, 6.45) is 8.41. The first-order valence-corrected chi connectivity index (χ1v) is 10.2. The van der Waals surface area contributed by atoms with Gasteiger partial charge in [0.15, 0.2) is 0 Å². The Hall–Kier alpha value is 0. The second-order valence-electron chi connectivity index (χ2n) is 9.04. The molecule has 0 rings (SSSR count). The molecule has 6 atom stereocenters. The molecule has 0 N–H and O–H groups in total. The summed E-state index contributed by atoms with van der Waals surface area (Å²) >= 11 is 0. The molecule has 0 saturated heterocycles. The SMILES string of the molecule is CCC(C)CC(C)C(C)C(C)CCC(C)CCC(C)C(C)C. The predicted molar refractivity (Wildman–Crippen MR) is 103 cm³/mol. The van der Waals surface area contributed by atoms with Gasteiger partial charge in [-0.25, -0.2) is 0 Å². The number of hydrogen-bond donors (Lipinski definition) is 0. The molecule has 0 aromatic rings. The van der Waals surface area contributed by atoms with Gasteiger partial charge in [-0.05, 0) is 47.8 Å². The van der Waals surface area contributed by atoms with Gasteiger partial charge >= 0.3 is 0 Å². The number of hydrogen-bond acceptors (Lipinski definition) is 0. The Morgan fingerprint density at radius 2 is 1.05 bits per heavy atom. The zero-order valence-electron chi connectivity index (χ0n) is 17.3. The summed E-state index contributed by atoms with van der Waals surface area (Å²) in [4.78, 5) is 0. The van der Waals surface area contributed by atoms with E-state index in [1.807, 2.05) is 0 Å². The van der Waals surface area contributed by atoms with E-state index in [1.54, 1.807) is 0 Å². The van der Waals surface area contributed by atoms with Gasteiger partial charge in [0.1, 0.15) is 0 Å². The minimum absolute atomic E-state index is 0.840. The Bertz CT molecular complexity index is 255. The van der Waals surface area contributed by atoms with Crippen molar-refractivity contribution in [2.45, 2.75) is 101 Å². The van der Waals surface area contributed by atoms with Crippen LogP contribution in [0.2, 0.25) is 0 Å². The van der Waals surface area contributed by atoms with Crippen molar-refractivity contribution in [3.63, 3.8) is 0 Å². The van der Waals surface area contributed by atoms with Crippen molar-refractivity contribution in [2.24, 2.45) is 41.4 Å². The molecule has 6 unspecified atom stereocenters. The van der Waals surface area contributed by atoms with E-state index in [2.05, 4.69) is 62.3 Å². The fourth-order valence-corrected chi connectivity index (χ4v) is 3.41. The lowest BCUT2D eigenvalue weighted by atomic mass is 9.77. The van der Waals surface area contributed by atoms with Gasteiger partial charge in [0, 0.05) is 0 Å². The fourth-order valence-electron chi connectivity index (χ4n) is 3.41. The minimum Gasteiger partial charge on any atom is -0.0651 e. The summed E-state index contributed by atoms with van der Waals surface area (Å²) < 4.78 is 0. The molecule has 0 aliphatic carbocycles. The van der Waals surface area contributed by atoms with E-state index >= 15 is 0 Å². The average molecular weight is 311 g/mol. The molecule has 0 amide bonds. The summed E-state index contributed by atoms with van der Waals surface area (Å²) in [5.41, 5.74) is 0. The van der Waals surface area contributed by atoms with Crippen LogP contribution in [0, 0.1) is 41.4 Å². The summed E-state index contributed by atoms with van der Waals surface area (Å²) in [6, 6.07) is 0. The van der Waals surface area contributed by atoms with Crippen molar-refractivity contribution in [3.05, 3.63) is 0 Å². The Morgan fingerprint density at radius 3 is 1.50 bits per heavy atom. The van der Waals surface area contributed by atoms with Crippen molar-refractivity contribution in [3.8, 4) is 0 Å². The maximum Gasteiger partial charge on any atom is -0.0391 e. The lowest BCUT2D eigenvalue weighted by Gasteiger charge is -2.29. The maximum absolute atomic E-state index is 2.49. The first-order chi connectivity index (χ1) is 10.2. The Kier molecular flexibility index (Phi) is 11.5. The predicted octanol–water partition coefficient (Wildman–Crippen LogP) is 7.82. The molecular weight excluding hydrogens is 264 g/mol. The smallest absolute Gasteiger partial charge is 0.0391 e. The van der Waals surface area contributed by atoms with Gasteiger partial charge in [0.25, 0.3) is 0 Å². The molecule has 0 aliphatic heterocycles. The summed E-state index contributed by atoms with van der Waals surface area (Å²) in [5, 5.41) is 0. The van der Waals surface area contributed by atoms with Crippen LogP contribution in [0.1, 0.15) is 101 Å². The highest BCUT2D eigenvalue weighted by atomic mass is 14.3. The topological polar surface area (TPSA) is 0 Å². The average Bonchev–Trinajstić information content (AvgIpc) is 2.48. The van der Waals surface area contributed by atoms with E-state index in [0.29, 0.717) is 0 Å². The van der Waals surface area contributed by atoms with Crippen LogP contribution in [0.25, 0.3) is 0 Å². The van der Waals surface area contributed by atoms with Gasteiger partial charge in [-0.15, -0.1) is 0 Å². The second kappa shape index (κ2) is 11.5. The molecule has 0 bridgehead atoms. The zero-order valence-corrected chi connectivity index (χ0v) is 17.3. The Morgan fingerprint density at radius 1 is 0.545 bits per heavy atom. The van der Waals surface area contributed by atoms with E-state index in [4.69, 9.17) is 0 Å². The quantitative estimate of drug-likeness (QED) is 0.344. The molecule has 0 aromatic carbocycles. The van der Waals surface area contributed by atoms with Crippen LogP contribution in [-0.4, -0.2) is 0 Å². The van der Waals surface area contributed by atoms with E-state index in [-0.39, 0.29) is 0 Å². The second-order valence-corrected chi connectivity index (χ2v) is 9.04. The van der Waals surface area contributed by atoms with Gasteiger partial charge in [0.05, 0.1) is 0 Å². The third kappa shape index (κ3) is 9.21. The molecule has 0 spiro atoms. The van der Waals surface area contributed by atoms with E-state index in [0.717, 1.165) is 41.4 Å². The highest BCUT2D eigenvalue weighted by Gasteiger charge is 2.21. The standard InChI is InChI=1S/C22H46/c1-10-17(4)15-21(8)22(9)20(7)14-12-18(5)11-13-19(6)16(2)3/h16-22H,10-15H2,1-9H3. The highest BCUT2D eigenvalue weighted by molar-refractivity contribution is 4.71.